The number of amides is 1. The number of aryl methyl sites for hydroxylation is 1. The van der Waals surface area contributed by atoms with Crippen LogP contribution in [-0.4, -0.2) is 12.5 Å². The monoisotopic (exact) mass is 207 g/mol. The second-order valence-electron chi connectivity index (χ2n) is 3.91. The summed E-state index contributed by atoms with van der Waals surface area (Å²) in [5, 5.41) is 0. The van der Waals surface area contributed by atoms with Crippen LogP contribution in [0.3, 0.4) is 0 Å². The van der Waals surface area contributed by atoms with Crippen molar-refractivity contribution in [3.8, 4) is 0 Å². The molecule has 0 atom stereocenters. The Kier molecular flexibility index (Phi) is 2.71. The summed E-state index contributed by atoms with van der Waals surface area (Å²) in [5.41, 5.74) is 1.02. The summed E-state index contributed by atoms with van der Waals surface area (Å²) in [6, 6.07) is 5.18. The molecular formula is C12H14FNO. The Morgan fingerprint density at radius 1 is 1.33 bits per heavy atom. The van der Waals surface area contributed by atoms with E-state index in [1.54, 1.807) is 30.0 Å². The lowest BCUT2D eigenvalue weighted by Gasteiger charge is -2.27. The fraction of sp³-hybridized carbons (Fsp3) is 0.417. The molecule has 0 saturated carbocycles. The Balaban J connectivity index is 2.35. The molecule has 2 nitrogen and oxygen atoms in total. The van der Waals surface area contributed by atoms with Crippen LogP contribution in [0.1, 0.15) is 24.8 Å². The number of carbonyl (C=O) groups excluding carboxylic acids is 1. The van der Waals surface area contributed by atoms with Crippen LogP contribution in [-0.2, 0) is 4.79 Å². The first kappa shape index (κ1) is 10.1. The largest absolute Gasteiger partial charge is 0.310 e. The van der Waals surface area contributed by atoms with Gasteiger partial charge in [-0.3, -0.25) is 4.79 Å². The zero-order valence-electron chi connectivity index (χ0n) is 8.79. The molecule has 0 aliphatic carbocycles. The summed E-state index contributed by atoms with van der Waals surface area (Å²) in [4.78, 5) is 13.2. The van der Waals surface area contributed by atoms with Crippen molar-refractivity contribution in [2.75, 3.05) is 11.4 Å². The second-order valence-corrected chi connectivity index (χ2v) is 3.91. The number of benzene rings is 1. The Morgan fingerprint density at radius 2 is 2.13 bits per heavy atom. The number of carbonyl (C=O) groups is 1. The van der Waals surface area contributed by atoms with E-state index in [2.05, 4.69) is 0 Å². The van der Waals surface area contributed by atoms with Gasteiger partial charge in [0.1, 0.15) is 5.82 Å². The lowest BCUT2D eigenvalue weighted by atomic mass is 10.1. The summed E-state index contributed by atoms with van der Waals surface area (Å²) in [5.74, 6) is -0.237. The maximum atomic E-state index is 13.8. The molecular weight excluding hydrogens is 193 g/mol. The first-order valence-corrected chi connectivity index (χ1v) is 5.25. The molecule has 0 aromatic heterocycles. The van der Waals surface area contributed by atoms with Gasteiger partial charge < -0.3 is 4.90 Å². The van der Waals surface area contributed by atoms with Crippen LogP contribution < -0.4 is 4.90 Å². The zero-order valence-corrected chi connectivity index (χ0v) is 8.79. The van der Waals surface area contributed by atoms with Crippen molar-refractivity contribution in [2.45, 2.75) is 26.2 Å². The number of rotatable bonds is 1. The summed E-state index contributed by atoms with van der Waals surface area (Å²) in [7, 11) is 0. The Hall–Kier alpha value is -1.38. The molecule has 80 valence electrons. The average molecular weight is 207 g/mol. The van der Waals surface area contributed by atoms with E-state index in [1.807, 2.05) is 0 Å². The molecule has 1 amide bonds. The minimum atomic E-state index is -0.271. The molecule has 1 saturated heterocycles. The van der Waals surface area contributed by atoms with Gasteiger partial charge in [-0.25, -0.2) is 4.39 Å². The SMILES string of the molecule is Cc1cccc(N2CCCCC2=O)c1F. The van der Waals surface area contributed by atoms with Crippen LogP contribution in [0.4, 0.5) is 10.1 Å². The molecule has 1 aliphatic heterocycles. The molecule has 1 aromatic carbocycles. The van der Waals surface area contributed by atoms with Gasteiger partial charge >= 0.3 is 0 Å². The molecule has 0 spiro atoms. The fourth-order valence-corrected chi connectivity index (χ4v) is 1.90. The van der Waals surface area contributed by atoms with Crippen LogP contribution in [0.2, 0.25) is 0 Å². The predicted octanol–water partition coefficient (Wildman–Crippen LogP) is 2.65. The Labute approximate surface area is 88.7 Å². The molecule has 1 fully saturated rings. The zero-order chi connectivity index (χ0) is 10.8. The standard InChI is InChI=1S/C12H14FNO/c1-9-5-4-6-10(12(9)13)14-8-3-2-7-11(14)15/h4-6H,2-3,7-8H2,1H3. The third-order valence-electron chi connectivity index (χ3n) is 2.79. The number of halogens is 1. The maximum Gasteiger partial charge on any atom is 0.227 e. The molecule has 3 heteroatoms. The molecule has 0 radical (unpaired) electrons. The molecule has 0 unspecified atom stereocenters. The Morgan fingerprint density at radius 3 is 2.87 bits per heavy atom. The first-order chi connectivity index (χ1) is 7.20. The maximum absolute atomic E-state index is 13.8. The smallest absolute Gasteiger partial charge is 0.227 e. The number of anilines is 1. The van der Waals surface area contributed by atoms with Gasteiger partial charge in [0.05, 0.1) is 5.69 Å². The van der Waals surface area contributed by atoms with Crippen LogP contribution in [0.25, 0.3) is 0 Å². The molecule has 15 heavy (non-hydrogen) atoms. The highest BCUT2D eigenvalue weighted by Crippen LogP contribution is 2.25. The van der Waals surface area contributed by atoms with E-state index in [0.717, 1.165) is 12.8 Å². The van der Waals surface area contributed by atoms with Crippen molar-refractivity contribution in [2.24, 2.45) is 0 Å². The van der Waals surface area contributed by atoms with Gasteiger partial charge in [-0.1, -0.05) is 12.1 Å². The van der Waals surface area contributed by atoms with Crippen molar-refractivity contribution in [3.63, 3.8) is 0 Å². The van der Waals surface area contributed by atoms with Gasteiger partial charge in [-0.05, 0) is 31.4 Å². The quantitative estimate of drug-likeness (QED) is 0.693. The topological polar surface area (TPSA) is 20.3 Å². The minimum absolute atomic E-state index is 0.0331. The normalized spacial score (nSPS) is 16.9. The molecule has 1 aliphatic rings. The van der Waals surface area contributed by atoms with Crippen LogP contribution in [0, 0.1) is 12.7 Å². The van der Waals surface area contributed by atoms with Crippen LogP contribution in [0.5, 0.6) is 0 Å². The number of nitrogens with zero attached hydrogens (tertiary/aromatic N) is 1. The van der Waals surface area contributed by atoms with E-state index < -0.39 is 0 Å². The van der Waals surface area contributed by atoms with Crippen LogP contribution >= 0.6 is 0 Å². The van der Waals surface area contributed by atoms with Gasteiger partial charge in [0.25, 0.3) is 0 Å². The molecule has 2 rings (SSSR count). The highest BCUT2D eigenvalue weighted by molar-refractivity contribution is 5.94. The van der Waals surface area contributed by atoms with Crippen molar-refractivity contribution in [1.29, 1.82) is 0 Å². The number of piperidine rings is 1. The summed E-state index contributed by atoms with van der Waals surface area (Å²) in [6.45, 7) is 2.35. The van der Waals surface area contributed by atoms with Crippen molar-refractivity contribution in [1.82, 2.24) is 0 Å². The summed E-state index contributed by atoms with van der Waals surface area (Å²) in [6.07, 6.45) is 2.41. The van der Waals surface area contributed by atoms with Gasteiger partial charge in [0.15, 0.2) is 0 Å². The molecule has 1 aromatic rings. The third kappa shape index (κ3) is 1.87. The minimum Gasteiger partial charge on any atom is -0.310 e. The molecule has 1 heterocycles. The summed E-state index contributed by atoms with van der Waals surface area (Å²) >= 11 is 0. The van der Waals surface area contributed by atoms with Crippen molar-refractivity contribution < 1.29 is 9.18 Å². The average Bonchev–Trinajstić information content (AvgIpc) is 2.23. The van der Waals surface area contributed by atoms with E-state index in [0.29, 0.717) is 24.2 Å². The van der Waals surface area contributed by atoms with Gasteiger partial charge in [0.2, 0.25) is 5.91 Å². The number of hydrogen-bond acceptors (Lipinski definition) is 1. The van der Waals surface area contributed by atoms with E-state index in [1.165, 1.54) is 0 Å². The van der Waals surface area contributed by atoms with E-state index in [4.69, 9.17) is 0 Å². The van der Waals surface area contributed by atoms with E-state index in [9.17, 15) is 9.18 Å². The summed E-state index contributed by atoms with van der Waals surface area (Å²) < 4.78 is 13.8. The number of hydrogen-bond donors (Lipinski definition) is 0. The second kappa shape index (κ2) is 4.01. The van der Waals surface area contributed by atoms with E-state index >= 15 is 0 Å². The lowest BCUT2D eigenvalue weighted by molar-refractivity contribution is -0.119. The molecule has 0 bridgehead atoms. The fourth-order valence-electron chi connectivity index (χ4n) is 1.90. The van der Waals surface area contributed by atoms with Gasteiger partial charge in [-0.2, -0.15) is 0 Å². The van der Waals surface area contributed by atoms with Crippen molar-refractivity contribution >= 4 is 11.6 Å². The highest BCUT2D eigenvalue weighted by Gasteiger charge is 2.22. The molecule has 0 N–H and O–H groups in total. The van der Waals surface area contributed by atoms with Crippen LogP contribution in [0.15, 0.2) is 18.2 Å². The van der Waals surface area contributed by atoms with E-state index in [-0.39, 0.29) is 11.7 Å². The Bertz CT molecular complexity index is 389. The van der Waals surface area contributed by atoms with Gasteiger partial charge in [0, 0.05) is 13.0 Å². The highest BCUT2D eigenvalue weighted by atomic mass is 19.1. The third-order valence-corrected chi connectivity index (χ3v) is 2.79. The predicted molar refractivity (Wildman–Crippen MR) is 57.3 cm³/mol. The first-order valence-electron chi connectivity index (χ1n) is 5.25. The van der Waals surface area contributed by atoms with Gasteiger partial charge in [-0.15, -0.1) is 0 Å². The van der Waals surface area contributed by atoms with Crippen molar-refractivity contribution in [3.05, 3.63) is 29.6 Å². The lowest BCUT2D eigenvalue weighted by Crippen LogP contribution is -2.35.